The van der Waals surface area contributed by atoms with Crippen LogP contribution in [0.4, 0.5) is 0 Å². The van der Waals surface area contributed by atoms with Gasteiger partial charge in [0.05, 0.1) is 18.8 Å². The highest BCUT2D eigenvalue weighted by Crippen LogP contribution is 2.24. The smallest absolute Gasteiger partial charge is 0.120 e. The molecule has 0 spiro atoms. The molecule has 0 bridgehead atoms. The van der Waals surface area contributed by atoms with Crippen LogP contribution in [-0.2, 0) is 6.54 Å². The molecule has 0 amide bonds. The molecule has 2 aromatic carbocycles. The summed E-state index contributed by atoms with van der Waals surface area (Å²) in [5, 5.41) is 13.0. The molecule has 23 heavy (non-hydrogen) atoms. The van der Waals surface area contributed by atoms with Gasteiger partial charge < -0.3 is 15.2 Å². The summed E-state index contributed by atoms with van der Waals surface area (Å²) in [5.41, 5.74) is 2.28. The summed E-state index contributed by atoms with van der Waals surface area (Å²) in [5.74, 6) is 0.955. The maximum Gasteiger partial charge on any atom is 0.120 e. The molecule has 1 aliphatic carbocycles. The summed E-state index contributed by atoms with van der Waals surface area (Å²) < 4.78 is 6.06. The minimum Gasteiger partial charge on any atom is -0.490 e. The maximum absolute atomic E-state index is 9.61. The van der Waals surface area contributed by atoms with Crippen molar-refractivity contribution in [2.24, 2.45) is 0 Å². The van der Waals surface area contributed by atoms with Gasteiger partial charge in [0.1, 0.15) is 5.75 Å². The lowest BCUT2D eigenvalue weighted by Gasteiger charge is -2.18. The summed E-state index contributed by atoms with van der Waals surface area (Å²) in [6, 6.07) is 18.3. The third-order valence-corrected chi connectivity index (χ3v) is 4.44. The van der Waals surface area contributed by atoms with Crippen molar-refractivity contribution in [2.45, 2.75) is 44.4 Å². The molecule has 1 saturated carbocycles. The van der Waals surface area contributed by atoms with Gasteiger partial charge in [0, 0.05) is 6.54 Å². The Morgan fingerprint density at radius 3 is 2.57 bits per heavy atom. The third kappa shape index (κ3) is 4.57. The predicted molar refractivity (Wildman–Crippen MR) is 92.4 cm³/mol. The Hall–Kier alpha value is -1.84. The van der Waals surface area contributed by atoms with Crippen molar-refractivity contribution in [2.75, 3.05) is 6.61 Å². The Kier molecular flexibility index (Phi) is 5.67. The van der Waals surface area contributed by atoms with Crippen LogP contribution in [0.15, 0.2) is 54.6 Å². The van der Waals surface area contributed by atoms with Crippen LogP contribution in [0.25, 0.3) is 0 Å². The summed E-state index contributed by atoms with van der Waals surface area (Å²) in [7, 11) is 0. The molecule has 122 valence electrons. The van der Waals surface area contributed by atoms with E-state index < -0.39 is 0 Å². The predicted octanol–water partition coefficient (Wildman–Crippen LogP) is 3.83. The van der Waals surface area contributed by atoms with E-state index in [2.05, 4.69) is 17.4 Å². The van der Waals surface area contributed by atoms with Crippen molar-refractivity contribution in [1.29, 1.82) is 0 Å². The van der Waals surface area contributed by atoms with E-state index >= 15 is 0 Å². The lowest BCUT2D eigenvalue weighted by molar-refractivity contribution is 0.209. The van der Waals surface area contributed by atoms with E-state index in [4.69, 9.17) is 4.74 Å². The van der Waals surface area contributed by atoms with Crippen LogP contribution in [0.5, 0.6) is 5.75 Å². The topological polar surface area (TPSA) is 41.5 Å². The number of nitrogens with one attached hydrogen (secondary N) is 1. The van der Waals surface area contributed by atoms with E-state index in [1.54, 1.807) is 0 Å². The van der Waals surface area contributed by atoms with E-state index in [1.807, 2.05) is 42.5 Å². The Bertz CT molecular complexity index is 594. The molecule has 1 atom stereocenters. The quantitative estimate of drug-likeness (QED) is 0.816. The zero-order chi connectivity index (χ0) is 15.9. The van der Waals surface area contributed by atoms with Gasteiger partial charge in [-0.15, -0.1) is 0 Å². The first-order chi connectivity index (χ1) is 11.3. The minimum absolute atomic E-state index is 0.0457. The van der Waals surface area contributed by atoms with Crippen molar-refractivity contribution in [1.82, 2.24) is 5.32 Å². The van der Waals surface area contributed by atoms with E-state index in [0.717, 1.165) is 11.3 Å². The van der Waals surface area contributed by atoms with Crippen LogP contribution in [0, 0.1) is 0 Å². The minimum atomic E-state index is -0.0457. The Morgan fingerprint density at radius 2 is 1.83 bits per heavy atom. The second kappa shape index (κ2) is 8.14. The first kappa shape index (κ1) is 16.0. The number of hydrogen-bond donors (Lipinski definition) is 2. The maximum atomic E-state index is 9.61. The summed E-state index contributed by atoms with van der Waals surface area (Å²) >= 11 is 0. The highest BCUT2D eigenvalue weighted by atomic mass is 16.5. The average molecular weight is 311 g/mol. The molecule has 0 radical (unpaired) electrons. The highest BCUT2D eigenvalue weighted by Gasteiger charge is 2.16. The monoisotopic (exact) mass is 311 g/mol. The number of aliphatic hydroxyl groups excluding tert-OH is 1. The van der Waals surface area contributed by atoms with Crippen LogP contribution in [-0.4, -0.2) is 17.8 Å². The van der Waals surface area contributed by atoms with Crippen LogP contribution >= 0.6 is 0 Å². The van der Waals surface area contributed by atoms with Gasteiger partial charge in [0.2, 0.25) is 0 Å². The average Bonchev–Trinajstić information content (AvgIpc) is 3.10. The Balaban J connectivity index is 1.58. The molecule has 1 fully saturated rings. The van der Waals surface area contributed by atoms with Gasteiger partial charge in [0.15, 0.2) is 0 Å². The number of aliphatic hydroxyl groups is 1. The molecule has 1 unspecified atom stereocenters. The SMILES string of the molecule is OCC(NCc1cccc(OC2CCCC2)c1)c1ccccc1. The van der Waals surface area contributed by atoms with Crippen LogP contribution in [0.3, 0.4) is 0 Å². The number of hydrogen-bond acceptors (Lipinski definition) is 3. The molecule has 3 heteroatoms. The van der Waals surface area contributed by atoms with Crippen LogP contribution in [0.2, 0.25) is 0 Å². The molecule has 1 aliphatic rings. The third-order valence-electron chi connectivity index (χ3n) is 4.44. The summed E-state index contributed by atoms with van der Waals surface area (Å²) in [4.78, 5) is 0. The van der Waals surface area contributed by atoms with Gasteiger partial charge in [-0.3, -0.25) is 0 Å². The lowest BCUT2D eigenvalue weighted by Crippen LogP contribution is -2.24. The van der Waals surface area contributed by atoms with Crippen molar-refractivity contribution in [3.63, 3.8) is 0 Å². The summed E-state index contributed by atoms with van der Waals surface area (Å²) in [6.07, 6.45) is 5.28. The van der Waals surface area contributed by atoms with Gasteiger partial charge in [-0.25, -0.2) is 0 Å². The van der Waals surface area contributed by atoms with E-state index in [9.17, 15) is 5.11 Å². The molecule has 0 saturated heterocycles. The van der Waals surface area contributed by atoms with Crippen LogP contribution < -0.4 is 10.1 Å². The van der Waals surface area contributed by atoms with Gasteiger partial charge in [-0.05, 0) is 48.9 Å². The zero-order valence-corrected chi connectivity index (χ0v) is 13.4. The van der Waals surface area contributed by atoms with Gasteiger partial charge in [-0.1, -0.05) is 42.5 Å². The van der Waals surface area contributed by atoms with Gasteiger partial charge in [-0.2, -0.15) is 0 Å². The summed E-state index contributed by atoms with van der Waals surface area (Å²) in [6.45, 7) is 0.796. The van der Waals surface area contributed by atoms with Gasteiger partial charge in [0.25, 0.3) is 0 Å². The number of ether oxygens (including phenoxy) is 1. The van der Waals surface area contributed by atoms with Gasteiger partial charge >= 0.3 is 0 Å². The standard InChI is InChI=1S/C20H25NO2/c22-15-20(17-8-2-1-3-9-17)21-14-16-7-6-12-19(13-16)23-18-10-4-5-11-18/h1-3,6-9,12-13,18,20-22H,4-5,10-11,14-15H2. The van der Waals surface area contributed by atoms with E-state index in [0.29, 0.717) is 12.6 Å². The molecule has 3 nitrogen and oxygen atoms in total. The fraction of sp³-hybridized carbons (Fsp3) is 0.400. The number of benzene rings is 2. The Labute approximate surface area is 138 Å². The second-order valence-electron chi connectivity index (χ2n) is 6.20. The van der Waals surface area contributed by atoms with E-state index in [-0.39, 0.29) is 12.6 Å². The normalized spacial score (nSPS) is 16.4. The molecule has 0 heterocycles. The first-order valence-electron chi connectivity index (χ1n) is 8.50. The fourth-order valence-electron chi connectivity index (χ4n) is 3.14. The van der Waals surface area contributed by atoms with Crippen LogP contribution in [0.1, 0.15) is 42.9 Å². The Morgan fingerprint density at radius 1 is 1.04 bits per heavy atom. The highest BCUT2D eigenvalue weighted by molar-refractivity contribution is 5.29. The zero-order valence-electron chi connectivity index (χ0n) is 13.4. The molecule has 2 N–H and O–H groups in total. The lowest BCUT2D eigenvalue weighted by atomic mass is 10.1. The van der Waals surface area contributed by atoms with Crippen molar-refractivity contribution < 1.29 is 9.84 Å². The largest absolute Gasteiger partial charge is 0.490 e. The first-order valence-corrected chi connectivity index (χ1v) is 8.50. The fourth-order valence-corrected chi connectivity index (χ4v) is 3.14. The molecular weight excluding hydrogens is 286 g/mol. The molecule has 2 aromatic rings. The second-order valence-corrected chi connectivity index (χ2v) is 6.20. The number of rotatable bonds is 7. The molecule has 3 rings (SSSR count). The van der Waals surface area contributed by atoms with E-state index in [1.165, 1.54) is 31.2 Å². The molecule has 0 aliphatic heterocycles. The molecular formula is C20H25NO2. The van der Waals surface area contributed by atoms with Crippen molar-refractivity contribution in [3.8, 4) is 5.75 Å². The molecule has 0 aromatic heterocycles. The van der Waals surface area contributed by atoms with Crippen molar-refractivity contribution >= 4 is 0 Å². The van der Waals surface area contributed by atoms with Crippen molar-refractivity contribution in [3.05, 3.63) is 65.7 Å².